The molecule has 0 spiro atoms. The van der Waals surface area contributed by atoms with Crippen LogP contribution in [-0.4, -0.2) is 20.9 Å². The van der Waals surface area contributed by atoms with E-state index in [0.717, 1.165) is 27.6 Å². The lowest BCUT2D eigenvalue weighted by Gasteiger charge is -2.12. The van der Waals surface area contributed by atoms with E-state index in [1.807, 2.05) is 54.6 Å². The second kappa shape index (κ2) is 9.98. The van der Waals surface area contributed by atoms with Crippen molar-refractivity contribution in [3.63, 3.8) is 0 Å². The number of carbonyl (C=O) groups excluding carboxylic acids is 1. The van der Waals surface area contributed by atoms with Crippen molar-refractivity contribution in [2.24, 2.45) is 0 Å². The first kappa shape index (κ1) is 23.2. The third-order valence-electron chi connectivity index (χ3n) is 5.60. The number of hydrogen-bond acceptors (Lipinski definition) is 7. The molecule has 8 heteroatoms. The van der Waals surface area contributed by atoms with E-state index in [1.165, 1.54) is 12.3 Å². The minimum absolute atomic E-state index is 0.174. The van der Waals surface area contributed by atoms with Crippen molar-refractivity contribution in [2.75, 3.05) is 11.1 Å². The minimum atomic E-state index is -0.292. The van der Waals surface area contributed by atoms with Gasteiger partial charge in [-0.3, -0.25) is 4.79 Å². The number of aromatic nitrogens is 3. The molecule has 0 bridgehead atoms. The average Bonchev–Trinajstić information content (AvgIpc) is 2.93. The van der Waals surface area contributed by atoms with Crippen molar-refractivity contribution in [3.05, 3.63) is 103 Å². The Labute approximate surface area is 212 Å². The summed E-state index contributed by atoms with van der Waals surface area (Å²) in [6, 6.07) is 24.3. The molecule has 3 N–H and O–H groups in total. The molecule has 2 heterocycles. The normalized spacial score (nSPS) is 10.5. The zero-order valence-corrected chi connectivity index (χ0v) is 19.6. The lowest BCUT2D eigenvalue weighted by atomic mass is 9.95. The number of pyridine rings is 1. The molecule has 8 nitrogen and oxygen atoms in total. The number of nitriles is 1. The summed E-state index contributed by atoms with van der Waals surface area (Å²) in [5.41, 5.74) is 11.3. The fraction of sp³-hybridized carbons (Fsp3) is 0. The number of nitrogens with zero attached hydrogens (tertiary/aromatic N) is 4. The van der Waals surface area contributed by atoms with Crippen LogP contribution in [0.5, 0.6) is 11.6 Å². The van der Waals surface area contributed by atoms with Crippen LogP contribution in [0.1, 0.15) is 5.56 Å². The highest BCUT2D eigenvalue weighted by molar-refractivity contribution is 6.01. The fourth-order valence-electron chi connectivity index (χ4n) is 3.87. The van der Waals surface area contributed by atoms with Crippen molar-refractivity contribution in [3.8, 4) is 40.0 Å². The number of carbonyl (C=O) groups is 1. The largest absolute Gasteiger partial charge is 0.439 e. The molecular formula is C29H20N6O2. The number of benzene rings is 3. The summed E-state index contributed by atoms with van der Waals surface area (Å²) in [5.74, 6) is 0.819. The zero-order valence-electron chi connectivity index (χ0n) is 19.6. The molecule has 0 radical (unpaired) electrons. The molecule has 5 aromatic rings. The number of fused-ring (bicyclic) bond motifs is 1. The van der Waals surface area contributed by atoms with Crippen molar-refractivity contribution < 1.29 is 9.53 Å². The Kier molecular flexibility index (Phi) is 6.26. The highest BCUT2D eigenvalue weighted by Crippen LogP contribution is 2.35. The second-order valence-electron chi connectivity index (χ2n) is 8.09. The van der Waals surface area contributed by atoms with Gasteiger partial charge in [-0.2, -0.15) is 5.26 Å². The summed E-state index contributed by atoms with van der Waals surface area (Å²) in [5, 5.41) is 12.7. The first-order chi connectivity index (χ1) is 18.0. The van der Waals surface area contributed by atoms with Crippen LogP contribution in [0.25, 0.3) is 33.2 Å². The van der Waals surface area contributed by atoms with Gasteiger partial charge >= 0.3 is 0 Å². The number of hydrogen-bond donors (Lipinski definition) is 2. The standard InChI is InChI=1S/C29H20N6O2/c1-2-26(36)34-23-5-3-4-20(14-23)25-15-21(13-22-17-33-29(31)35-28(22)25)19-6-8-24(9-7-19)37-27-12-18(16-30)10-11-32-27/h2-15,17H,1H2,(H,34,36)(H2,31,33,35). The molecule has 37 heavy (non-hydrogen) atoms. The average molecular weight is 485 g/mol. The van der Waals surface area contributed by atoms with Gasteiger partial charge < -0.3 is 15.8 Å². The number of nitrogens with one attached hydrogen (secondary N) is 1. The minimum Gasteiger partial charge on any atom is -0.439 e. The van der Waals surface area contributed by atoms with Gasteiger partial charge in [0.25, 0.3) is 0 Å². The van der Waals surface area contributed by atoms with E-state index in [4.69, 9.17) is 15.7 Å². The smallest absolute Gasteiger partial charge is 0.247 e. The van der Waals surface area contributed by atoms with Gasteiger partial charge in [-0.05, 0) is 65.2 Å². The molecular weight excluding hydrogens is 464 g/mol. The van der Waals surface area contributed by atoms with Crippen molar-refractivity contribution in [2.45, 2.75) is 0 Å². The van der Waals surface area contributed by atoms with Gasteiger partial charge in [-0.15, -0.1) is 0 Å². The van der Waals surface area contributed by atoms with Gasteiger partial charge in [0, 0.05) is 35.1 Å². The molecule has 0 unspecified atom stereocenters. The van der Waals surface area contributed by atoms with Gasteiger partial charge in [-0.1, -0.05) is 30.8 Å². The van der Waals surface area contributed by atoms with Gasteiger partial charge in [-0.25, -0.2) is 15.0 Å². The number of ether oxygens (including phenoxy) is 1. The maximum absolute atomic E-state index is 11.8. The second-order valence-corrected chi connectivity index (χ2v) is 8.09. The number of nitrogen functional groups attached to an aromatic ring is 1. The molecule has 178 valence electrons. The van der Waals surface area contributed by atoms with Crippen LogP contribution in [0.4, 0.5) is 11.6 Å². The van der Waals surface area contributed by atoms with Crippen LogP contribution in [0, 0.1) is 11.3 Å². The zero-order chi connectivity index (χ0) is 25.8. The monoisotopic (exact) mass is 484 g/mol. The number of nitrogens with two attached hydrogens (primary N) is 1. The molecule has 0 aliphatic heterocycles. The highest BCUT2D eigenvalue weighted by atomic mass is 16.5. The highest BCUT2D eigenvalue weighted by Gasteiger charge is 2.12. The topological polar surface area (TPSA) is 127 Å². The molecule has 1 amide bonds. The Hall–Kier alpha value is -5.55. The predicted molar refractivity (Wildman–Crippen MR) is 143 cm³/mol. The summed E-state index contributed by atoms with van der Waals surface area (Å²) < 4.78 is 5.80. The molecule has 0 aliphatic carbocycles. The van der Waals surface area contributed by atoms with Crippen LogP contribution in [0.15, 0.2) is 97.8 Å². The van der Waals surface area contributed by atoms with Gasteiger partial charge in [0.15, 0.2) is 0 Å². The van der Waals surface area contributed by atoms with E-state index < -0.39 is 0 Å². The van der Waals surface area contributed by atoms with Gasteiger partial charge in [0.1, 0.15) is 5.75 Å². The van der Waals surface area contributed by atoms with E-state index in [0.29, 0.717) is 28.4 Å². The molecule has 3 aromatic carbocycles. The van der Waals surface area contributed by atoms with Crippen molar-refractivity contribution in [1.82, 2.24) is 15.0 Å². The predicted octanol–water partition coefficient (Wildman–Crippen LogP) is 5.73. The summed E-state index contributed by atoms with van der Waals surface area (Å²) >= 11 is 0. The maximum atomic E-state index is 11.8. The first-order valence-electron chi connectivity index (χ1n) is 11.3. The van der Waals surface area contributed by atoms with Crippen LogP contribution in [0.3, 0.4) is 0 Å². The third-order valence-corrected chi connectivity index (χ3v) is 5.60. The van der Waals surface area contributed by atoms with Gasteiger partial charge in [0.2, 0.25) is 17.7 Å². The van der Waals surface area contributed by atoms with E-state index in [-0.39, 0.29) is 11.9 Å². The number of amides is 1. The number of rotatable bonds is 6. The molecule has 0 saturated heterocycles. The molecule has 0 fully saturated rings. The number of anilines is 2. The van der Waals surface area contributed by atoms with E-state index in [1.54, 1.807) is 24.4 Å². The maximum Gasteiger partial charge on any atom is 0.247 e. The first-order valence-corrected chi connectivity index (χ1v) is 11.3. The van der Waals surface area contributed by atoms with Gasteiger partial charge in [0.05, 0.1) is 17.1 Å². The van der Waals surface area contributed by atoms with Crippen molar-refractivity contribution >= 4 is 28.4 Å². The van der Waals surface area contributed by atoms with E-state index in [9.17, 15) is 4.79 Å². The lowest BCUT2D eigenvalue weighted by Crippen LogP contribution is -2.07. The molecule has 5 rings (SSSR count). The Morgan fingerprint density at radius 1 is 1.00 bits per heavy atom. The van der Waals surface area contributed by atoms with E-state index in [2.05, 4.69) is 32.9 Å². The van der Waals surface area contributed by atoms with Crippen LogP contribution < -0.4 is 15.8 Å². The van der Waals surface area contributed by atoms with Crippen LogP contribution in [0.2, 0.25) is 0 Å². The van der Waals surface area contributed by atoms with E-state index >= 15 is 0 Å². The molecule has 0 atom stereocenters. The Morgan fingerprint density at radius 2 is 1.84 bits per heavy atom. The summed E-state index contributed by atoms with van der Waals surface area (Å²) in [4.78, 5) is 24.6. The summed E-state index contributed by atoms with van der Waals surface area (Å²) in [6.07, 6.45) is 4.45. The SMILES string of the molecule is C=CC(=O)Nc1cccc(-c2cc(-c3ccc(Oc4cc(C#N)ccn4)cc3)cc3cnc(N)nc23)c1. The lowest BCUT2D eigenvalue weighted by molar-refractivity contribution is -0.111. The van der Waals surface area contributed by atoms with Crippen molar-refractivity contribution in [1.29, 1.82) is 5.26 Å². The third kappa shape index (κ3) is 5.11. The summed E-state index contributed by atoms with van der Waals surface area (Å²) in [6.45, 7) is 3.50. The molecule has 0 saturated carbocycles. The summed E-state index contributed by atoms with van der Waals surface area (Å²) in [7, 11) is 0. The Bertz CT molecular complexity index is 1690. The quantitative estimate of drug-likeness (QED) is 0.295. The van der Waals surface area contributed by atoms with Crippen LogP contribution >= 0.6 is 0 Å². The van der Waals surface area contributed by atoms with Crippen LogP contribution in [-0.2, 0) is 4.79 Å². The fourth-order valence-corrected chi connectivity index (χ4v) is 3.87. The Morgan fingerprint density at radius 3 is 2.62 bits per heavy atom. The molecule has 0 aliphatic rings. The Balaban J connectivity index is 1.53. The molecule has 2 aromatic heterocycles.